The fourth-order valence-electron chi connectivity index (χ4n) is 2.36. The summed E-state index contributed by atoms with van der Waals surface area (Å²) in [5, 5.41) is 15.9. The van der Waals surface area contributed by atoms with Crippen LogP contribution >= 0.6 is 0 Å². The molecular weight excluding hydrogens is 256 g/mol. The highest BCUT2D eigenvalue weighted by Crippen LogP contribution is 2.39. The molecule has 0 radical (unpaired) electrons. The number of nitrogens with zero attached hydrogens (tertiary/aromatic N) is 1. The lowest BCUT2D eigenvalue weighted by molar-refractivity contribution is 0.0687. The zero-order valence-electron chi connectivity index (χ0n) is 11.7. The molecule has 5 heteroatoms. The first-order valence-corrected chi connectivity index (χ1v) is 6.46. The number of aromatic carboxylic acids is 1. The predicted molar refractivity (Wildman–Crippen MR) is 74.0 cm³/mol. The smallest absolute Gasteiger partial charge is 0.354 e. The summed E-state index contributed by atoms with van der Waals surface area (Å²) in [6.45, 7) is 6.63. The summed E-state index contributed by atoms with van der Waals surface area (Å²) in [4.78, 5) is 11.1. The van der Waals surface area contributed by atoms with Gasteiger partial charge in [0.2, 0.25) is 0 Å². The number of rotatable bonds is 1. The third-order valence-electron chi connectivity index (χ3n) is 3.55. The lowest BCUT2D eigenvalue weighted by Gasteiger charge is -2.23. The van der Waals surface area contributed by atoms with Crippen LogP contribution in [0.2, 0.25) is 0 Å². The van der Waals surface area contributed by atoms with Crippen LogP contribution in [-0.4, -0.2) is 21.3 Å². The van der Waals surface area contributed by atoms with Gasteiger partial charge in [-0.25, -0.2) is 4.79 Å². The highest BCUT2D eigenvalue weighted by molar-refractivity contribution is 5.90. The number of fused-ring (bicyclic) bond motifs is 3. The average molecular weight is 272 g/mol. The summed E-state index contributed by atoms with van der Waals surface area (Å²) in [7, 11) is 0. The Bertz CT molecular complexity index is 696. The van der Waals surface area contributed by atoms with Crippen molar-refractivity contribution in [2.24, 2.45) is 0 Å². The van der Waals surface area contributed by atoms with Crippen molar-refractivity contribution in [2.75, 3.05) is 0 Å². The Morgan fingerprint density at radius 3 is 2.80 bits per heavy atom. The van der Waals surface area contributed by atoms with Crippen molar-refractivity contribution >= 4 is 5.97 Å². The van der Waals surface area contributed by atoms with Crippen molar-refractivity contribution in [3.63, 3.8) is 0 Å². The van der Waals surface area contributed by atoms with Gasteiger partial charge in [0, 0.05) is 5.56 Å². The number of hydrogen-bond donors (Lipinski definition) is 2. The van der Waals surface area contributed by atoms with Crippen LogP contribution in [0.5, 0.6) is 5.75 Å². The molecule has 0 fully saturated rings. The molecule has 0 bridgehead atoms. The van der Waals surface area contributed by atoms with E-state index in [0.29, 0.717) is 11.3 Å². The van der Waals surface area contributed by atoms with Crippen LogP contribution in [0.1, 0.15) is 42.4 Å². The molecule has 20 heavy (non-hydrogen) atoms. The Balaban J connectivity index is 2.18. The lowest BCUT2D eigenvalue weighted by atomic mass is 9.85. The molecule has 1 aliphatic rings. The zero-order valence-corrected chi connectivity index (χ0v) is 11.7. The van der Waals surface area contributed by atoms with Crippen molar-refractivity contribution in [3.05, 3.63) is 35.0 Å². The Labute approximate surface area is 116 Å². The van der Waals surface area contributed by atoms with Gasteiger partial charge in [-0.15, -0.1) is 0 Å². The Morgan fingerprint density at radius 1 is 1.40 bits per heavy atom. The van der Waals surface area contributed by atoms with Crippen molar-refractivity contribution in [1.29, 1.82) is 0 Å². The number of carboxylic acid groups (broad SMARTS) is 1. The predicted octanol–water partition coefficient (Wildman–Crippen LogP) is 2.96. The molecule has 0 spiro atoms. The third kappa shape index (κ3) is 1.86. The molecule has 2 heterocycles. The molecule has 1 aliphatic heterocycles. The molecule has 5 nitrogen and oxygen atoms in total. The van der Waals surface area contributed by atoms with E-state index in [1.807, 2.05) is 18.2 Å². The van der Waals surface area contributed by atoms with Gasteiger partial charge in [-0.2, -0.15) is 5.10 Å². The maximum Gasteiger partial charge on any atom is 0.354 e. The number of carboxylic acids is 1. The summed E-state index contributed by atoms with van der Waals surface area (Å²) in [5.74, 6) is -0.272. The van der Waals surface area contributed by atoms with Gasteiger partial charge < -0.3 is 9.84 Å². The van der Waals surface area contributed by atoms with E-state index in [4.69, 9.17) is 9.84 Å². The second-order valence-electron chi connectivity index (χ2n) is 5.98. The SMILES string of the molecule is CC(C)(C)c1ccc2c(c1)-c1n[nH]c(C(=O)O)c1CO2. The minimum absolute atomic E-state index is 0.0125. The molecule has 0 atom stereocenters. The standard InChI is InChI=1S/C15H16N2O3/c1-15(2,3)8-4-5-11-9(6-8)12-10(7-20-11)13(14(18)19)17-16-12/h4-6H,7H2,1-3H3,(H,16,17)(H,18,19). The van der Waals surface area contributed by atoms with E-state index < -0.39 is 5.97 Å². The first kappa shape index (κ1) is 12.7. The normalized spacial score (nSPS) is 13.3. The topological polar surface area (TPSA) is 75.2 Å². The molecule has 3 rings (SSSR count). The van der Waals surface area contributed by atoms with Crippen molar-refractivity contribution in [2.45, 2.75) is 32.8 Å². The molecule has 2 aromatic rings. The van der Waals surface area contributed by atoms with Gasteiger partial charge in [-0.05, 0) is 23.1 Å². The number of nitrogens with one attached hydrogen (secondary N) is 1. The van der Waals surface area contributed by atoms with Crippen LogP contribution in [0.25, 0.3) is 11.3 Å². The van der Waals surface area contributed by atoms with Crippen molar-refractivity contribution in [3.8, 4) is 17.0 Å². The quantitative estimate of drug-likeness (QED) is 0.836. The van der Waals surface area contributed by atoms with Crippen LogP contribution in [0, 0.1) is 0 Å². The van der Waals surface area contributed by atoms with Gasteiger partial charge in [-0.3, -0.25) is 5.10 Å². The first-order chi connectivity index (χ1) is 9.38. The van der Waals surface area contributed by atoms with E-state index in [9.17, 15) is 4.79 Å². The van der Waals surface area contributed by atoms with Crippen molar-refractivity contribution in [1.82, 2.24) is 10.2 Å². The van der Waals surface area contributed by atoms with E-state index in [0.717, 1.165) is 16.9 Å². The fourth-order valence-corrected chi connectivity index (χ4v) is 2.36. The number of aromatic nitrogens is 2. The van der Waals surface area contributed by atoms with Gasteiger partial charge in [-0.1, -0.05) is 26.8 Å². The molecule has 1 aromatic heterocycles. The largest absolute Gasteiger partial charge is 0.488 e. The molecular formula is C15H16N2O3. The van der Waals surface area contributed by atoms with Gasteiger partial charge in [0.15, 0.2) is 5.69 Å². The monoisotopic (exact) mass is 272 g/mol. The lowest BCUT2D eigenvalue weighted by Crippen LogP contribution is -2.13. The maximum atomic E-state index is 11.1. The second kappa shape index (κ2) is 4.10. The minimum Gasteiger partial charge on any atom is -0.488 e. The van der Waals surface area contributed by atoms with Crippen molar-refractivity contribution < 1.29 is 14.6 Å². The van der Waals surface area contributed by atoms with Gasteiger partial charge >= 0.3 is 5.97 Å². The number of ether oxygens (including phenoxy) is 1. The Hall–Kier alpha value is -2.30. The maximum absolute atomic E-state index is 11.1. The third-order valence-corrected chi connectivity index (χ3v) is 3.55. The fraction of sp³-hybridized carbons (Fsp3) is 0.333. The number of H-pyrrole nitrogens is 1. The number of aromatic amines is 1. The molecule has 1 aromatic carbocycles. The highest BCUT2D eigenvalue weighted by atomic mass is 16.5. The number of benzene rings is 1. The summed E-state index contributed by atoms with van der Waals surface area (Å²) in [6, 6.07) is 5.99. The molecule has 2 N–H and O–H groups in total. The number of hydrogen-bond acceptors (Lipinski definition) is 3. The van der Waals surface area contributed by atoms with Crippen LogP contribution in [0.4, 0.5) is 0 Å². The molecule has 0 unspecified atom stereocenters. The zero-order chi connectivity index (χ0) is 14.5. The summed E-state index contributed by atoms with van der Waals surface area (Å²) >= 11 is 0. The molecule has 0 amide bonds. The van der Waals surface area contributed by atoms with Crippen LogP contribution in [-0.2, 0) is 12.0 Å². The van der Waals surface area contributed by atoms with Gasteiger partial charge in [0.05, 0.1) is 5.56 Å². The van der Waals surface area contributed by atoms with Crippen LogP contribution in [0.15, 0.2) is 18.2 Å². The summed E-state index contributed by atoms with van der Waals surface area (Å²) < 4.78 is 5.64. The van der Waals surface area contributed by atoms with E-state index in [1.165, 1.54) is 0 Å². The van der Waals surface area contributed by atoms with Gasteiger partial charge in [0.25, 0.3) is 0 Å². The minimum atomic E-state index is -1.02. The molecule has 0 saturated heterocycles. The summed E-state index contributed by atoms with van der Waals surface area (Å²) in [5.41, 5.74) is 3.41. The summed E-state index contributed by atoms with van der Waals surface area (Å²) in [6.07, 6.45) is 0. The Kier molecular flexibility index (Phi) is 2.61. The van der Waals surface area contributed by atoms with E-state index in [1.54, 1.807) is 0 Å². The van der Waals surface area contributed by atoms with E-state index in [2.05, 4.69) is 31.0 Å². The van der Waals surface area contributed by atoms with E-state index in [-0.39, 0.29) is 17.7 Å². The van der Waals surface area contributed by atoms with Gasteiger partial charge in [0.1, 0.15) is 18.1 Å². The highest BCUT2D eigenvalue weighted by Gasteiger charge is 2.27. The van der Waals surface area contributed by atoms with Crippen LogP contribution < -0.4 is 4.74 Å². The van der Waals surface area contributed by atoms with E-state index >= 15 is 0 Å². The molecule has 0 aliphatic carbocycles. The molecule has 0 saturated carbocycles. The first-order valence-electron chi connectivity index (χ1n) is 6.46. The second-order valence-corrected chi connectivity index (χ2v) is 5.98. The Morgan fingerprint density at radius 2 is 2.15 bits per heavy atom. The molecule has 104 valence electrons. The average Bonchev–Trinajstić information content (AvgIpc) is 2.81. The number of carbonyl (C=O) groups is 1. The van der Waals surface area contributed by atoms with Crippen LogP contribution in [0.3, 0.4) is 0 Å².